The van der Waals surface area contributed by atoms with Gasteiger partial charge in [-0.05, 0) is 29.8 Å². The fourth-order valence-electron chi connectivity index (χ4n) is 3.03. The smallest absolute Gasteiger partial charge is 0.369 e. The van der Waals surface area contributed by atoms with Crippen LogP contribution in [-0.4, -0.2) is 37.7 Å². The fourth-order valence-corrected chi connectivity index (χ4v) is 3.91. The van der Waals surface area contributed by atoms with Gasteiger partial charge in [-0.2, -0.15) is 31.6 Å². The van der Waals surface area contributed by atoms with Crippen LogP contribution in [0.3, 0.4) is 0 Å². The molecule has 1 atom stereocenters. The third kappa shape index (κ3) is 6.04. The monoisotopic (exact) mass is 523 g/mol. The number of aliphatic hydroxyl groups is 1. The number of urea groups is 1. The summed E-state index contributed by atoms with van der Waals surface area (Å²) in [6, 6.07) is 7.62. The summed E-state index contributed by atoms with van der Waals surface area (Å²) in [5.41, 5.74) is -6.41. The Balaban J connectivity index is 2.19. The van der Waals surface area contributed by atoms with Gasteiger partial charge in [0, 0.05) is 11.3 Å². The van der Waals surface area contributed by atoms with Crippen molar-refractivity contribution in [3.8, 4) is 6.07 Å². The minimum atomic E-state index is -6.05. The largest absolute Gasteiger partial charge is 0.430 e. The van der Waals surface area contributed by atoms with Crippen molar-refractivity contribution >= 4 is 21.6 Å². The first-order chi connectivity index (χ1) is 16.1. The van der Waals surface area contributed by atoms with Gasteiger partial charge in [0.2, 0.25) is 0 Å². The molecular weight excluding hydrogens is 504 g/mol. The van der Waals surface area contributed by atoms with Crippen LogP contribution in [0.4, 0.5) is 36.8 Å². The van der Waals surface area contributed by atoms with E-state index in [2.05, 4.69) is 10.6 Å². The Bertz CT molecular complexity index is 1170. The molecule has 0 aliphatic rings. The van der Waals surface area contributed by atoms with Crippen molar-refractivity contribution in [1.82, 2.24) is 5.32 Å². The molecule has 2 aromatic rings. The standard InChI is InChI=1S/C21H19F6N3O4S/c1-2-35(33,34)16-9-3-13(4-10-16)17(11-12-28)30-18(31)29-15-7-5-14(6-8-15)19(32,20(22,23)24)21(25,26)27/h3-10,17,32H,2,11H2,1H3,(H2,29,30,31). The average molecular weight is 523 g/mol. The number of hydrogen-bond acceptors (Lipinski definition) is 5. The minimum absolute atomic E-state index is 0.0432. The molecular formula is C21H19F6N3O4S. The van der Waals surface area contributed by atoms with E-state index in [0.717, 1.165) is 12.1 Å². The lowest BCUT2D eigenvalue weighted by atomic mass is 9.92. The van der Waals surface area contributed by atoms with Crippen molar-refractivity contribution in [3.63, 3.8) is 0 Å². The Kier molecular flexibility index (Phi) is 8.08. The van der Waals surface area contributed by atoms with Gasteiger partial charge in [-0.3, -0.25) is 0 Å². The topological polar surface area (TPSA) is 119 Å². The second-order valence-corrected chi connectivity index (χ2v) is 9.55. The van der Waals surface area contributed by atoms with Gasteiger partial charge < -0.3 is 15.7 Å². The molecule has 14 heteroatoms. The number of carbonyl (C=O) groups is 1. The molecule has 2 amide bonds. The Morgan fingerprint density at radius 1 is 1.00 bits per heavy atom. The SMILES string of the molecule is CCS(=O)(=O)c1ccc(C(CC#N)NC(=O)Nc2ccc(C(O)(C(F)(F)F)C(F)(F)F)cc2)cc1. The van der Waals surface area contributed by atoms with E-state index in [1.807, 2.05) is 6.07 Å². The molecule has 190 valence electrons. The fraction of sp³-hybridized carbons (Fsp3) is 0.333. The molecule has 1 unspecified atom stereocenters. The lowest BCUT2D eigenvalue weighted by Crippen LogP contribution is -2.53. The zero-order valence-corrected chi connectivity index (χ0v) is 18.7. The highest BCUT2D eigenvalue weighted by molar-refractivity contribution is 7.91. The molecule has 7 nitrogen and oxygen atoms in total. The van der Waals surface area contributed by atoms with Crippen LogP contribution in [0, 0.1) is 11.3 Å². The van der Waals surface area contributed by atoms with Crippen LogP contribution in [0.25, 0.3) is 0 Å². The quantitative estimate of drug-likeness (QED) is 0.460. The van der Waals surface area contributed by atoms with Crippen LogP contribution in [0.1, 0.15) is 30.5 Å². The van der Waals surface area contributed by atoms with Gasteiger partial charge in [-0.25, -0.2) is 13.2 Å². The lowest BCUT2D eigenvalue weighted by Gasteiger charge is -2.32. The van der Waals surface area contributed by atoms with E-state index in [4.69, 9.17) is 5.26 Å². The number of carbonyl (C=O) groups excluding carboxylic acids is 1. The van der Waals surface area contributed by atoms with Gasteiger partial charge in [0.05, 0.1) is 29.2 Å². The first kappa shape index (κ1) is 27.9. The maximum atomic E-state index is 13.0. The highest BCUT2D eigenvalue weighted by Crippen LogP contribution is 2.50. The van der Waals surface area contributed by atoms with E-state index in [0.29, 0.717) is 17.7 Å². The van der Waals surface area contributed by atoms with E-state index in [-0.39, 0.29) is 22.8 Å². The van der Waals surface area contributed by atoms with Gasteiger partial charge in [0.25, 0.3) is 5.60 Å². The van der Waals surface area contributed by atoms with E-state index >= 15 is 0 Å². The minimum Gasteiger partial charge on any atom is -0.369 e. The summed E-state index contributed by atoms with van der Waals surface area (Å²) < 4.78 is 102. The number of nitriles is 1. The number of anilines is 1. The van der Waals surface area contributed by atoms with Crippen LogP contribution in [0.2, 0.25) is 0 Å². The van der Waals surface area contributed by atoms with Crippen molar-refractivity contribution in [3.05, 3.63) is 59.7 Å². The maximum absolute atomic E-state index is 13.0. The molecule has 0 saturated carbocycles. The first-order valence-electron chi connectivity index (χ1n) is 9.80. The lowest BCUT2D eigenvalue weighted by molar-refractivity contribution is -0.376. The summed E-state index contributed by atoms with van der Waals surface area (Å²) in [7, 11) is -3.47. The van der Waals surface area contributed by atoms with Crippen LogP contribution in [0.5, 0.6) is 0 Å². The number of rotatable bonds is 7. The molecule has 0 radical (unpaired) electrons. The van der Waals surface area contributed by atoms with Crippen LogP contribution in [0.15, 0.2) is 53.4 Å². The molecule has 0 bridgehead atoms. The summed E-state index contributed by atoms with van der Waals surface area (Å²) in [5, 5.41) is 23.1. The van der Waals surface area contributed by atoms with Crippen molar-refractivity contribution in [2.45, 2.75) is 42.2 Å². The molecule has 2 rings (SSSR count). The van der Waals surface area contributed by atoms with Crippen molar-refractivity contribution in [1.29, 1.82) is 5.26 Å². The molecule has 0 spiro atoms. The first-order valence-corrected chi connectivity index (χ1v) is 11.5. The summed E-state index contributed by atoms with van der Waals surface area (Å²) in [5.74, 6) is -0.128. The number of hydrogen-bond donors (Lipinski definition) is 3. The second kappa shape index (κ2) is 10.1. The number of nitrogens with one attached hydrogen (secondary N) is 2. The molecule has 0 aliphatic carbocycles. The Morgan fingerprint density at radius 3 is 1.94 bits per heavy atom. The highest BCUT2D eigenvalue weighted by Gasteiger charge is 2.71. The van der Waals surface area contributed by atoms with Crippen LogP contribution in [-0.2, 0) is 15.4 Å². The Hall–Kier alpha value is -3.31. The van der Waals surface area contributed by atoms with Crippen molar-refractivity contribution < 1.29 is 44.7 Å². The molecule has 3 N–H and O–H groups in total. The van der Waals surface area contributed by atoms with Gasteiger partial charge in [-0.15, -0.1) is 0 Å². The normalized spacial score (nSPS) is 13.6. The summed E-state index contributed by atoms with van der Waals surface area (Å²) in [4.78, 5) is 12.4. The Morgan fingerprint density at radius 2 is 1.51 bits per heavy atom. The zero-order valence-electron chi connectivity index (χ0n) is 17.9. The number of alkyl halides is 6. The van der Waals surface area contributed by atoms with Crippen molar-refractivity contribution in [2.24, 2.45) is 0 Å². The van der Waals surface area contributed by atoms with E-state index in [1.54, 1.807) is 0 Å². The number of benzene rings is 2. The van der Waals surface area contributed by atoms with Gasteiger partial charge >= 0.3 is 18.4 Å². The average Bonchev–Trinajstić information content (AvgIpc) is 2.77. The molecule has 0 heterocycles. The van der Waals surface area contributed by atoms with Crippen molar-refractivity contribution in [2.75, 3.05) is 11.1 Å². The Labute approximate surface area is 196 Å². The summed E-state index contributed by atoms with van der Waals surface area (Å²) in [6.07, 6.45) is -12.3. The summed E-state index contributed by atoms with van der Waals surface area (Å²) >= 11 is 0. The maximum Gasteiger partial charge on any atom is 0.430 e. The van der Waals surface area contributed by atoms with Crippen LogP contribution < -0.4 is 10.6 Å². The van der Waals surface area contributed by atoms with E-state index < -0.39 is 45.4 Å². The third-order valence-corrected chi connectivity index (χ3v) is 6.75. The summed E-state index contributed by atoms with van der Waals surface area (Å²) in [6.45, 7) is 1.47. The molecule has 2 aromatic carbocycles. The van der Waals surface area contributed by atoms with Crippen LogP contribution >= 0.6 is 0 Å². The zero-order chi connectivity index (χ0) is 26.7. The molecule has 0 fully saturated rings. The second-order valence-electron chi connectivity index (χ2n) is 7.27. The predicted octanol–water partition coefficient (Wildman–Crippen LogP) is 4.57. The molecule has 0 aliphatic heterocycles. The number of amides is 2. The molecule has 0 saturated heterocycles. The highest BCUT2D eigenvalue weighted by atomic mass is 32.2. The molecule has 35 heavy (non-hydrogen) atoms. The number of sulfone groups is 1. The van der Waals surface area contributed by atoms with Gasteiger partial charge in [-0.1, -0.05) is 31.2 Å². The number of nitrogens with zero attached hydrogens (tertiary/aromatic N) is 1. The van der Waals surface area contributed by atoms with E-state index in [9.17, 15) is 44.7 Å². The molecule has 0 aromatic heterocycles. The van der Waals surface area contributed by atoms with E-state index in [1.165, 1.54) is 31.2 Å². The third-order valence-electron chi connectivity index (χ3n) is 5.00. The van der Waals surface area contributed by atoms with Gasteiger partial charge in [0.1, 0.15) is 0 Å². The van der Waals surface area contributed by atoms with Gasteiger partial charge in [0.15, 0.2) is 9.84 Å². The number of halogens is 6. The predicted molar refractivity (Wildman–Crippen MR) is 112 cm³/mol.